The monoisotopic (exact) mass is 636 g/mol. The second-order valence-corrected chi connectivity index (χ2v) is 13.7. The summed E-state index contributed by atoms with van der Waals surface area (Å²) in [4.78, 5) is 4.00. The molecule has 49 heavy (non-hydrogen) atoms. The molecule has 7 aromatic carbocycles. The van der Waals surface area contributed by atoms with Crippen LogP contribution in [0.15, 0.2) is 146 Å². The Morgan fingerprint density at radius 1 is 0.551 bits per heavy atom. The summed E-state index contributed by atoms with van der Waals surface area (Å²) in [6, 6.07) is 53.1. The predicted molar refractivity (Wildman–Crippen MR) is 202 cm³/mol. The van der Waals surface area contributed by atoms with Crippen LogP contribution in [0.3, 0.4) is 0 Å². The van der Waals surface area contributed by atoms with E-state index in [-0.39, 0.29) is 0 Å². The van der Waals surface area contributed by atoms with Crippen LogP contribution >= 0.6 is 0 Å². The van der Waals surface area contributed by atoms with E-state index in [1.165, 1.54) is 37.8 Å². The molecule has 224 valence electrons. The fourth-order valence-electron chi connectivity index (χ4n) is 7.80. The van der Waals surface area contributed by atoms with Crippen LogP contribution in [-0.4, -0.2) is 18.7 Å². The lowest BCUT2D eigenvalue weighted by molar-refractivity contribution is 1.17. The molecular weight excluding hydrogens is 613 g/mol. The van der Waals surface area contributed by atoms with Gasteiger partial charge in [-0.3, -0.25) is 0 Å². The number of hydrogen-bond donors (Lipinski definition) is 0. The van der Waals surface area contributed by atoms with Crippen LogP contribution in [0.25, 0.3) is 82.1 Å². The molecule has 0 bridgehead atoms. The lowest BCUT2D eigenvalue weighted by Gasteiger charge is -2.18. The van der Waals surface area contributed by atoms with Crippen molar-refractivity contribution in [3.63, 3.8) is 0 Å². The third-order valence-corrected chi connectivity index (χ3v) is 11.4. The van der Waals surface area contributed by atoms with Gasteiger partial charge in [0.2, 0.25) is 5.69 Å². The van der Waals surface area contributed by atoms with Gasteiger partial charge in [-0.1, -0.05) is 114 Å². The molecule has 4 nitrogen and oxygen atoms in total. The molecular formula is C44H24N4Si. The number of aromatic nitrogens is 2. The minimum atomic E-state index is 0.531. The first kappa shape index (κ1) is 27.4. The van der Waals surface area contributed by atoms with Crippen LogP contribution < -0.4 is 10.4 Å². The molecule has 0 aliphatic carbocycles. The van der Waals surface area contributed by atoms with Crippen LogP contribution in [0.1, 0.15) is 5.56 Å². The highest BCUT2D eigenvalue weighted by Gasteiger charge is 2.26. The quantitative estimate of drug-likeness (QED) is 0.141. The van der Waals surface area contributed by atoms with E-state index in [0.29, 0.717) is 20.8 Å². The van der Waals surface area contributed by atoms with Gasteiger partial charge < -0.3 is 9.13 Å². The van der Waals surface area contributed by atoms with Gasteiger partial charge in [-0.05, 0) is 58.3 Å². The molecule has 3 heterocycles. The lowest BCUT2D eigenvalue weighted by atomic mass is 9.99. The number of fused-ring (bicyclic) bond motifs is 10. The molecule has 1 aliphatic rings. The minimum absolute atomic E-state index is 0.531. The fourth-order valence-corrected chi connectivity index (χ4v) is 9.32. The van der Waals surface area contributed by atoms with E-state index in [1.807, 2.05) is 24.3 Å². The molecule has 0 atom stereocenters. The van der Waals surface area contributed by atoms with Crippen LogP contribution in [0.4, 0.5) is 5.69 Å². The Labute approximate surface area is 285 Å². The predicted octanol–water partition coefficient (Wildman–Crippen LogP) is 9.61. The zero-order valence-corrected chi connectivity index (χ0v) is 27.1. The number of nitriles is 1. The maximum atomic E-state index is 10.2. The first-order valence-corrected chi connectivity index (χ1v) is 17.2. The smallest absolute Gasteiger partial charge is 0.210 e. The Bertz CT molecular complexity index is 2900. The van der Waals surface area contributed by atoms with Crippen molar-refractivity contribution in [2.24, 2.45) is 0 Å². The van der Waals surface area contributed by atoms with Crippen molar-refractivity contribution in [1.29, 1.82) is 5.26 Å². The largest absolute Gasteiger partial charge is 0.319 e. The van der Waals surface area contributed by atoms with Crippen molar-refractivity contribution < 1.29 is 0 Å². The normalized spacial score (nSPS) is 12.0. The average Bonchev–Trinajstić information content (AvgIpc) is 3.82. The summed E-state index contributed by atoms with van der Waals surface area (Å²) in [6.07, 6.45) is 0. The number of rotatable bonds is 3. The Balaban J connectivity index is 1.28. The van der Waals surface area contributed by atoms with Gasteiger partial charge in [0.1, 0.15) is 9.52 Å². The highest BCUT2D eigenvalue weighted by atomic mass is 28.2. The summed E-state index contributed by atoms with van der Waals surface area (Å²) in [5.74, 6) is 0. The number of para-hydroxylation sites is 3. The number of benzene rings is 7. The van der Waals surface area contributed by atoms with Crippen molar-refractivity contribution in [3.05, 3.63) is 163 Å². The standard InChI is InChI=1S/C44H24N4Si/c1-46-36-23-19-28(25-41(36)47-37-14-6-2-10-30(37)31-11-3-7-15-38(31)47)29-20-18-27(26-45)24-40(29)48-39-16-8-4-12-32(39)34-21-22-35-33-13-5-9-17-42(33)49-44(35)43(34)48/h2-25H. The van der Waals surface area contributed by atoms with E-state index in [1.54, 1.807) is 0 Å². The van der Waals surface area contributed by atoms with E-state index < -0.39 is 0 Å². The van der Waals surface area contributed by atoms with Gasteiger partial charge in [0.05, 0.1) is 51.6 Å². The van der Waals surface area contributed by atoms with E-state index in [9.17, 15) is 5.26 Å². The first-order valence-electron chi connectivity index (χ1n) is 16.2. The van der Waals surface area contributed by atoms with Crippen LogP contribution in [0.5, 0.6) is 0 Å². The third kappa shape index (κ3) is 3.88. The minimum Gasteiger partial charge on any atom is -0.319 e. The van der Waals surface area contributed by atoms with Crippen molar-refractivity contribution in [3.8, 4) is 39.7 Å². The van der Waals surface area contributed by atoms with Gasteiger partial charge in [-0.15, -0.1) is 0 Å². The van der Waals surface area contributed by atoms with E-state index >= 15 is 0 Å². The highest BCUT2D eigenvalue weighted by molar-refractivity contribution is 6.75. The fraction of sp³-hybridized carbons (Fsp3) is 0. The van der Waals surface area contributed by atoms with Crippen molar-refractivity contribution in [2.75, 3.05) is 0 Å². The Kier molecular flexibility index (Phi) is 5.84. The van der Waals surface area contributed by atoms with Gasteiger partial charge >= 0.3 is 0 Å². The topological polar surface area (TPSA) is 38.0 Å². The maximum absolute atomic E-state index is 10.2. The molecule has 0 spiro atoms. The average molecular weight is 637 g/mol. The summed E-state index contributed by atoms with van der Waals surface area (Å²) in [5, 5.41) is 17.5. The highest BCUT2D eigenvalue weighted by Crippen LogP contribution is 2.41. The SMILES string of the molecule is [C-]#[N+]c1ccc(-c2ccc(C#N)cc2-n2c3ccccc3c3ccc4c(c32)[Si]c2ccccc2-4)cc1-n1c2ccccc2c2ccccc21. The summed E-state index contributed by atoms with van der Waals surface area (Å²) in [7, 11) is 0.531. The third-order valence-electron chi connectivity index (χ3n) is 9.91. The van der Waals surface area contributed by atoms with Crippen LogP contribution in [0, 0.1) is 17.9 Å². The molecule has 5 heteroatoms. The molecule has 2 radical (unpaired) electrons. The summed E-state index contributed by atoms with van der Waals surface area (Å²) in [6.45, 7) is 8.17. The zero-order chi connectivity index (χ0) is 32.6. The van der Waals surface area contributed by atoms with Crippen molar-refractivity contribution >= 4 is 69.2 Å². The molecule has 0 fully saturated rings. The summed E-state index contributed by atoms with van der Waals surface area (Å²) < 4.78 is 4.60. The van der Waals surface area contributed by atoms with Crippen molar-refractivity contribution in [2.45, 2.75) is 0 Å². The van der Waals surface area contributed by atoms with E-state index in [2.05, 4.69) is 141 Å². The van der Waals surface area contributed by atoms with E-state index in [4.69, 9.17) is 6.57 Å². The van der Waals surface area contributed by atoms with E-state index in [0.717, 1.165) is 49.8 Å². The molecule has 10 rings (SSSR count). The molecule has 2 aromatic heterocycles. The molecule has 0 N–H and O–H groups in total. The maximum Gasteiger partial charge on any atom is 0.210 e. The molecule has 1 aliphatic heterocycles. The van der Waals surface area contributed by atoms with Gasteiger partial charge in [0.25, 0.3) is 0 Å². The molecule has 0 saturated heterocycles. The van der Waals surface area contributed by atoms with Gasteiger partial charge in [0, 0.05) is 27.1 Å². The summed E-state index contributed by atoms with van der Waals surface area (Å²) in [5.41, 5.74) is 11.9. The Hall–Kier alpha value is -6.66. The van der Waals surface area contributed by atoms with Gasteiger partial charge in [0.15, 0.2) is 0 Å². The number of nitrogens with zero attached hydrogens (tertiary/aromatic N) is 4. The van der Waals surface area contributed by atoms with Crippen molar-refractivity contribution in [1.82, 2.24) is 9.13 Å². The molecule has 9 aromatic rings. The van der Waals surface area contributed by atoms with Crippen LogP contribution in [0.2, 0.25) is 0 Å². The Morgan fingerprint density at radius 2 is 1.18 bits per heavy atom. The first-order chi connectivity index (χ1) is 24.2. The Morgan fingerprint density at radius 3 is 1.90 bits per heavy atom. The van der Waals surface area contributed by atoms with Gasteiger partial charge in [-0.25, -0.2) is 4.85 Å². The molecule has 0 saturated carbocycles. The number of hydrogen-bond acceptors (Lipinski definition) is 1. The second-order valence-electron chi connectivity index (χ2n) is 12.4. The zero-order valence-electron chi connectivity index (χ0n) is 26.1. The molecule has 0 amide bonds. The van der Waals surface area contributed by atoms with Crippen LogP contribution in [-0.2, 0) is 0 Å². The second kappa shape index (κ2) is 10.4. The molecule has 0 unspecified atom stereocenters. The van der Waals surface area contributed by atoms with Gasteiger partial charge in [-0.2, -0.15) is 5.26 Å². The lowest BCUT2D eigenvalue weighted by Crippen LogP contribution is -2.23. The summed E-state index contributed by atoms with van der Waals surface area (Å²) >= 11 is 0.